The molecule has 0 aromatic carbocycles. The van der Waals surface area contributed by atoms with Crippen LogP contribution in [-0.2, 0) is 4.74 Å². The summed E-state index contributed by atoms with van der Waals surface area (Å²) < 4.78 is 17.7. The summed E-state index contributed by atoms with van der Waals surface area (Å²) in [6, 6.07) is -0.676. The van der Waals surface area contributed by atoms with Gasteiger partial charge in [-0.2, -0.15) is 4.39 Å². The Morgan fingerprint density at radius 3 is 2.77 bits per heavy atom. The molecule has 0 heterocycles. The summed E-state index contributed by atoms with van der Waals surface area (Å²) in [4.78, 5) is 9.46. The fourth-order valence-corrected chi connectivity index (χ4v) is 1.07. The number of rotatable bonds is 2. The van der Waals surface area contributed by atoms with Crippen LogP contribution in [0.3, 0.4) is 0 Å². The number of allylic oxidation sites excluding steroid dienone is 1. The van der Waals surface area contributed by atoms with Gasteiger partial charge in [-0.15, -0.1) is 0 Å². The van der Waals surface area contributed by atoms with Gasteiger partial charge in [-0.1, -0.05) is 0 Å². The summed E-state index contributed by atoms with van der Waals surface area (Å²) in [5.41, 5.74) is 4.87. The largest absolute Gasteiger partial charge is 0.375 e. The highest BCUT2D eigenvalue weighted by atomic mass is 19.1. The lowest BCUT2D eigenvalue weighted by molar-refractivity contribution is -0.423. The second-order valence-electron chi connectivity index (χ2n) is 2.60. The standard InChI is InChI=1S/C7H9FN2O3/c1-13-7-2-4(8)6(10(11)12)3-5(7)9/h2-3,5,7H,9H2,1H3. The lowest BCUT2D eigenvalue weighted by Gasteiger charge is -2.18. The quantitative estimate of drug-likeness (QED) is 0.501. The predicted molar refractivity (Wildman–Crippen MR) is 43.0 cm³/mol. The van der Waals surface area contributed by atoms with Crippen molar-refractivity contribution in [2.75, 3.05) is 7.11 Å². The minimum atomic E-state index is -0.904. The van der Waals surface area contributed by atoms with Crippen molar-refractivity contribution >= 4 is 0 Å². The van der Waals surface area contributed by atoms with Crippen molar-refractivity contribution in [3.05, 3.63) is 33.8 Å². The van der Waals surface area contributed by atoms with E-state index < -0.39 is 28.6 Å². The molecule has 2 N–H and O–H groups in total. The Bertz CT molecular complexity index is 287. The maximum absolute atomic E-state index is 12.9. The third-order valence-corrected chi connectivity index (χ3v) is 1.75. The second kappa shape index (κ2) is 3.63. The van der Waals surface area contributed by atoms with Crippen LogP contribution in [0.15, 0.2) is 23.7 Å². The van der Waals surface area contributed by atoms with Crippen LogP contribution in [0.25, 0.3) is 0 Å². The highest BCUT2D eigenvalue weighted by molar-refractivity contribution is 5.28. The molecule has 0 aromatic rings. The molecule has 0 spiro atoms. The van der Waals surface area contributed by atoms with Crippen LogP contribution in [-0.4, -0.2) is 24.2 Å². The van der Waals surface area contributed by atoms with Crippen molar-refractivity contribution < 1.29 is 14.1 Å². The van der Waals surface area contributed by atoms with Crippen LogP contribution in [0.5, 0.6) is 0 Å². The molecular formula is C7H9FN2O3. The Kier molecular flexibility index (Phi) is 2.74. The molecule has 1 rings (SSSR count). The molecule has 0 amide bonds. The first-order valence-corrected chi connectivity index (χ1v) is 3.58. The zero-order chi connectivity index (χ0) is 10.0. The molecule has 1 aliphatic rings. The summed E-state index contributed by atoms with van der Waals surface area (Å²) in [6.07, 6.45) is 1.41. The van der Waals surface area contributed by atoms with Crippen LogP contribution in [0.4, 0.5) is 4.39 Å². The number of nitrogens with zero attached hydrogens (tertiary/aromatic N) is 1. The lowest BCUT2D eigenvalue weighted by atomic mass is 10.0. The van der Waals surface area contributed by atoms with Gasteiger partial charge in [-0.3, -0.25) is 10.1 Å². The van der Waals surface area contributed by atoms with E-state index in [2.05, 4.69) is 0 Å². The van der Waals surface area contributed by atoms with E-state index in [1.165, 1.54) is 7.11 Å². The van der Waals surface area contributed by atoms with E-state index in [0.717, 1.165) is 12.2 Å². The summed E-state index contributed by atoms with van der Waals surface area (Å²) in [6.45, 7) is 0. The maximum atomic E-state index is 12.9. The fraction of sp³-hybridized carbons (Fsp3) is 0.429. The molecule has 2 unspecified atom stereocenters. The van der Waals surface area contributed by atoms with E-state index in [9.17, 15) is 14.5 Å². The van der Waals surface area contributed by atoms with Crippen molar-refractivity contribution in [2.24, 2.45) is 5.73 Å². The zero-order valence-electron chi connectivity index (χ0n) is 6.94. The third kappa shape index (κ3) is 1.90. The minimum absolute atomic E-state index is 0.596. The molecule has 5 nitrogen and oxygen atoms in total. The van der Waals surface area contributed by atoms with Gasteiger partial charge < -0.3 is 10.5 Å². The summed E-state index contributed by atoms with van der Waals surface area (Å²) in [7, 11) is 1.36. The SMILES string of the molecule is COC1C=C(F)C([N+](=O)[O-])=CC1N. The molecule has 0 bridgehead atoms. The second-order valence-corrected chi connectivity index (χ2v) is 2.60. The van der Waals surface area contributed by atoms with E-state index in [4.69, 9.17) is 10.5 Å². The normalized spacial score (nSPS) is 27.9. The lowest BCUT2D eigenvalue weighted by Crippen LogP contribution is -2.36. The number of ether oxygens (including phenoxy) is 1. The van der Waals surface area contributed by atoms with Gasteiger partial charge in [0, 0.05) is 13.2 Å². The first-order chi connectivity index (χ1) is 6.06. The first kappa shape index (κ1) is 9.82. The van der Waals surface area contributed by atoms with Gasteiger partial charge in [-0.05, 0) is 6.08 Å². The van der Waals surface area contributed by atoms with Crippen molar-refractivity contribution in [1.29, 1.82) is 0 Å². The van der Waals surface area contributed by atoms with E-state index in [1.54, 1.807) is 0 Å². The highest BCUT2D eigenvalue weighted by Crippen LogP contribution is 2.21. The fourth-order valence-electron chi connectivity index (χ4n) is 1.07. The monoisotopic (exact) mass is 188 g/mol. The van der Waals surface area contributed by atoms with Crippen molar-refractivity contribution in [3.8, 4) is 0 Å². The van der Waals surface area contributed by atoms with Gasteiger partial charge in [0.05, 0.1) is 17.1 Å². The Balaban J connectivity index is 2.93. The Hall–Kier alpha value is -1.27. The number of methoxy groups -OCH3 is 1. The van der Waals surface area contributed by atoms with Gasteiger partial charge in [0.1, 0.15) is 0 Å². The van der Waals surface area contributed by atoms with E-state index in [-0.39, 0.29) is 0 Å². The van der Waals surface area contributed by atoms with E-state index in [0.29, 0.717) is 0 Å². The molecule has 6 heteroatoms. The van der Waals surface area contributed by atoms with E-state index >= 15 is 0 Å². The van der Waals surface area contributed by atoms with Gasteiger partial charge in [-0.25, -0.2) is 0 Å². The third-order valence-electron chi connectivity index (χ3n) is 1.75. The molecule has 0 saturated heterocycles. The highest BCUT2D eigenvalue weighted by Gasteiger charge is 2.28. The molecular weight excluding hydrogens is 179 g/mol. The number of hydrogen-bond donors (Lipinski definition) is 1. The molecule has 0 saturated carbocycles. The predicted octanol–water partition coefficient (Wildman–Crippen LogP) is 0.356. The van der Waals surface area contributed by atoms with Gasteiger partial charge >= 0.3 is 5.70 Å². The number of nitrogens with two attached hydrogens (primary N) is 1. The van der Waals surface area contributed by atoms with Crippen molar-refractivity contribution in [1.82, 2.24) is 0 Å². The first-order valence-electron chi connectivity index (χ1n) is 3.58. The van der Waals surface area contributed by atoms with Crippen LogP contribution >= 0.6 is 0 Å². The minimum Gasteiger partial charge on any atom is -0.375 e. The summed E-state index contributed by atoms with van der Waals surface area (Å²) in [5.74, 6) is -0.904. The summed E-state index contributed by atoms with van der Waals surface area (Å²) in [5, 5.41) is 10.3. The molecule has 0 radical (unpaired) electrons. The Morgan fingerprint density at radius 2 is 2.31 bits per heavy atom. The Morgan fingerprint density at radius 1 is 1.69 bits per heavy atom. The smallest absolute Gasteiger partial charge is 0.302 e. The van der Waals surface area contributed by atoms with Gasteiger partial charge in [0.2, 0.25) is 0 Å². The molecule has 2 atom stereocenters. The zero-order valence-corrected chi connectivity index (χ0v) is 6.94. The van der Waals surface area contributed by atoms with Gasteiger partial charge in [0.15, 0.2) is 5.83 Å². The average molecular weight is 188 g/mol. The number of hydrogen-bond acceptors (Lipinski definition) is 4. The maximum Gasteiger partial charge on any atom is 0.302 e. The van der Waals surface area contributed by atoms with Crippen molar-refractivity contribution in [3.63, 3.8) is 0 Å². The molecule has 0 fully saturated rings. The number of nitro groups is 1. The molecule has 0 aliphatic heterocycles. The topological polar surface area (TPSA) is 78.4 Å². The molecule has 1 aliphatic carbocycles. The van der Waals surface area contributed by atoms with Crippen molar-refractivity contribution in [2.45, 2.75) is 12.1 Å². The average Bonchev–Trinajstić information content (AvgIpc) is 2.07. The van der Waals surface area contributed by atoms with Crippen LogP contribution in [0.2, 0.25) is 0 Å². The summed E-state index contributed by atoms with van der Waals surface area (Å²) >= 11 is 0. The van der Waals surface area contributed by atoms with Crippen LogP contribution in [0, 0.1) is 10.1 Å². The van der Waals surface area contributed by atoms with Crippen LogP contribution in [0.1, 0.15) is 0 Å². The molecule has 13 heavy (non-hydrogen) atoms. The molecule has 0 aromatic heterocycles. The Labute approximate surface area is 73.8 Å². The molecule has 72 valence electrons. The number of halogens is 1. The van der Waals surface area contributed by atoms with Crippen LogP contribution < -0.4 is 5.73 Å². The van der Waals surface area contributed by atoms with E-state index in [1.807, 2.05) is 0 Å². The van der Waals surface area contributed by atoms with Gasteiger partial charge in [0.25, 0.3) is 0 Å².